The molecule has 0 unspecified atom stereocenters. The van der Waals surface area contributed by atoms with Crippen LogP contribution in [0.4, 0.5) is 16.2 Å². The summed E-state index contributed by atoms with van der Waals surface area (Å²) in [5, 5.41) is 0.531. The van der Waals surface area contributed by atoms with Gasteiger partial charge in [-0.25, -0.2) is 9.79 Å². The van der Waals surface area contributed by atoms with Crippen molar-refractivity contribution >= 4 is 41.0 Å². The van der Waals surface area contributed by atoms with E-state index in [9.17, 15) is 4.79 Å². The second-order valence-electron chi connectivity index (χ2n) is 5.29. The highest BCUT2D eigenvalue weighted by Gasteiger charge is 2.24. The van der Waals surface area contributed by atoms with Crippen LogP contribution in [0, 0.1) is 0 Å². The maximum Gasteiger partial charge on any atom is 0.409 e. The average Bonchev–Trinajstić information content (AvgIpc) is 2.54. The number of nitrogens with two attached hydrogens (primary N) is 3. The zero-order chi connectivity index (χ0) is 18.4. The van der Waals surface area contributed by atoms with Gasteiger partial charge < -0.3 is 31.7 Å². The van der Waals surface area contributed by atoms with Crippen LogP contribution in [0.5, 0.6) is 0 Å². The highest BCUT2D eigenvalue weighted by molar-refractivity contribution is 6.34. The largest absolute Gasteiger partial charge is 0.450 e. The van der Waals surface area contributed by atoms with Crippen molar-refractivity contribution in [1.29, 1.82) is 0 Å². The average molecular weight is 368 g/mol. The Bertz CT molecular complexity index is 680. The van der Waals surface area contributed by atoms with Crippen molar-refractivity contribution in [2.75, 3.05) is 37.7 Å². The van der Waals surface area contributed by atoms with E-state index in [2.05, 4.69) is 9.98 Å². The Morgan fingerprint density at radius 1 is 1.24 bits per heavy atom. The smallest absolute Gasteiger partial charge is 0.409 e. The fraction of sp³-hybridized carbons (Fsp3) is 0.400. The van der Waals surface area contributed by atoms with Crippen molar-refractivity contribution < 1.29 is 9.53 Å². The van der Waals surface area contributed by atoms with Gasteiger partial charge in [-0.2, -0.15) is 4.99 Å². The maximum absolute atomic E-state index is 11.8. The molecule has 0 saturated carbocycles. The van der Waals surface area contributed by atoms with E-state index in [0.717, 1.165) is 5.69 Å². The van der Waals surface area contributed by atoms with E-state index in [1.807, 2.05) is 4.90 Å². The first kappa shape index (κ1) is 18.7. The molecule has 0 aromatic heterocycles. The Balaban J connectivity index is 2.20. The predicted molar refractivity (Wildman–Crippen MR) is 99.4 cm³/mol. The van der Waals surface area contributed by atoms with Crippen molar-refractivity contribution in [3.8, 4) is 0 Å². The van der Waals surface area contributed by atoms with Crippen molar-refractivity contribution in [2.24, 2.45) is 27.2 Å². The molecule has 1 amide bonds. The van der Waals surface area contributed by atoms with Gasteiger partial charge in [0.2, 0.25) is 5.96 Å². The minimum absolute atomic E-state index is 0.0614. The highest BCUT2D eigenvalue weighted by Crippen LogP contribution is 2.36. The fourth-order valence-electron chi connectivity index (χ4n) is 2.52. The number of halogens is 1. The number of anilines is 1. The van der Waals surface area contributed by atoms with Gasteiger partial charge in [-0.05, 0) is 19.1 Å². The molecule has 10 heteroatoms. The molecule has 0 bridgehead atoms. The lowest BCUT2D eigenvalue weighted by Gasteiger charge is -2.36. The molecular weight excluding hydrogens is 346 g/mol. The predicted octanol–water partition coefficient (Wildman–Crippen LogP) is 0.838. The summed E-state index contributed by atoms with van der Waals surface area (Å²) in [6.07, 6.45) is -0.309. The molecule has 1 aliphatic heterocycles. The quantitative estimate of drug-likeness (QED) is 0.535. The van der Waals surface area contributed by atoms with Crippen LogP contribution in [0.2, 0.25) is 5.02 Å². The van der Waals surface area contributed by atoms with Gasteiger partial charge in [-0.1, -0.05) is 17.7 Å². The summed E-state index contributed by atoms with van der Waals surface area (Å²) in [5.41, 5.74) is 17.6. The molecule has 1 aromatic rings. The number of carbonyl (C=O) groups is 1. The molecule has 2 rings (SSSR count). The molecule has 6 N–H and O–H groups in total. The fourth-order valence-corrected chi connectivity index (χ4v) is 2.80. The van der Waals surface area contributed by atoms with Crippen LogP contribution < -0.4 is 22.1 Å². The van der Waals surface area contributed by atoms with Gasteiger partial charge in [0.25, 0.3) is 0 Å². The number of para-hydroxylation sites is 1. The third-order valence-electron chi connectivity index (χ3n) is 3.57. The van der Waals surface area contributed by atoms with Gasteiger partial charge in [-0.3, -0.25) is 0 Å². The second-order valence-corrected chi connectivity index (χ2v) is 5.69. The second kappa shape index (κ2) is 8.43. The third kappa shape index (κ3) is 4.90. The Hall–Kier alpha value is -2.68. The highest BCUT2D eigenvalue weighted by atomic mass is 35.5. The molecule has 1 aliphatic rings. The van der Waals surface area contributed by atoms with Crippen molar-refractivity contribution in [3.05, 3.63) is 23.2 Å². The first-order valence-electron chi connectivity index (χ1n) is 7.81. The lowest BCUT2D eigenvalue weighted by molar-refractivity contribution is 0.105. The number of carbonyl (C=O) groups excluding carboxylic acids is 1. The summed E-state index contributed by atoms with van der Waals surface area (Å²) >= 11 is 6.36. The number of rotatable bonds is 3. The zero-order valence-electron chi connectivity index (χ0n) is 14.0. The number of amides is 1. The van der Waals surface area contributed by atoms with Gasteiger partial charge >= 0.3 is 6.09 Å². The number of piperazine rings is 1. The Kier molecular flexibility index (Phi) is 6.29. The molecule has 0 spiro atoms. The van der Waals surface area contributed by atoms with Crippen LogP contribution in [-0.2, 0) is 4.74 Å². The van der Waals surface area contributed by atoms with Crippen molar-refractivity contribution in [1.82, 2.24) is 4.90 Å². The molecule has 1 fully saturated rings. The maximum atomic E-state index is 11.8. The van der Waals surface area contributed by atoms with E-state index in [-0.39, 0.29) is 18.0 Å². The first-order chi connectivity index (χ1) is 11.9. The molecular formula is C15H22ClN7O2. The molecule has 1 saturated heterocycles. The van der Waals surface area contributed by atoms with Crippen LogP contribution in [0.3, 0.4) is 0 Å². The number of guanidine groups is 2. The van der Waals surface area contributed by atoms with E-state index < -0.39 is 0 Å². The number of hydrogen-bond donors (Lipinski definition) is 3. The Labute approximate surface area is 151 Å². The molecule has 136 valence electrons. The molecule has 0 radical (unpaired) electrons. The first-order valence-corrected chi connectivity index (χ1v) is 8.19. The molecule has 9 nitrogen and oxygen atoms in total. The summed E-state index contributed by atoms with van der Waals surface area (Å²) < 4.78 is 5.02. The summed E-state index contributed by atoms with van der Waals surface area (Å²) in [4.78, 5) is 23.5. The molecule has 1 heterocycles. The monoisotopic (exact) mass is 367 g/mol. The van der Waals surface area contributed by atoms with E-state index >= 15 is 0 Å². The number of nitrogens with zero attached hydrogens (tertiary/aromatic N) is 4. The summed E-state index contributed by atoms with van der Waals surface area (Å²) in [7, 11) is 0. The standard InChI is InChI=1S/C15H22ClN7O2/c1-2-25-15(24)23-8-6-22(7-9-23)12-10(16)4-3-5-11(12)20-14(19)21-13(17)18/h3-5H,2,6-9H2,1H3,(H6,17,18,19,20,21). The van der Waals surface area contributed by atoms with Crippen molar-refractivity contribution in [3.63, 3.8) is 0 Å². The van der Waals surface area contributed by atoms with Crippen molar-refractivity contribution in [2.45, 2.75) is 6.92 Å². The number of ether oxygens (including phenoxy) is 1. The van der Waals surface area contributed by atoms with Gasteiger partial charge in [0.1, 0.15) is 0 Å². The van der Waals surface area contributed by atoms with Crippen LogP contribution >= 0.6 is 11.6 Å². The summed E-state index contributed by atoms with van der Waals surface area (Å²) in [5.74, 6) is -0.235. The molecule has 1 aromatic carbocycles. The topological polar surface area (TPSA) is 136 Å². The SMILES string of the molecule is CCOC(=O)N1CCN(c2c(Cl)cccc2N=C(N)N=C(N)N)CC1. The lowest BCUT2D eigenvalue weighted by atomic mass is 10.2. The lowest BCUT2D eigenvalue weighted by Crippen LogP contribution is -2.49. The van der Waals surface area contributed by atoms with E-state index in [0.29, 0.717) is 43.5 Å². The Morgan fingerprint density at radius 3 is 2.52 bits per heavy atom. The van der Waals surface area contributed by atoms with Gasteiger partial charge in [0, 0.05) is 26.2 Å². The van der Waals surface area contributed by atoms with Crippen LogP contribution in [0.1, 0.15) is 6.92 Å². The Morgan fingerprint density at radius 2 is 1.92 bits per heavy atom. The van der Waals surface area contributed by atoms with E-state index in [1.165, 1.54) is 0 Å². The summed E-state index contributed by atoms with van der Waals surface area (Å²) in [6, 6.07) is 5.31. The molecule has 25 heavy (non-hydrogen) atoms. The summed E-state index contributed by atoms with van der Waals surface area (Å²) in [6.45, 7) is 4.36. The molecule has 0 aliphatic carbocycles. The van der Waals surface area contributed by atoms with Crippen LogP contribution in [0.25, 0.3) is 0 Å². The van der Waals surface area contributed by atoms with Crippen LogP contribution in [0.15, 0.2) is 28.2 Å². The van der Waals surface area contributed by atoms with E-state index in [1.54, 1.807) is 30.0 Å². The van der Waals surface area contributed by atoms with Gasteiger partial charge in [0.15, 0.2) is 5.96 Å². The van der Waals surface area contributed by atoms with E-state index in [4.69, 9.17) is 33.5 Å². The number of benzene rings is 1. The minimum Gasteiger partial charge on any atom is -0.450 e. The number of aliphatic imine (C=N–C) groups is 2. The van der Waals surface area contributed by atoms with Gasteiger partial charge in [-0.15, -0.1) is 0 Å². The molecule has 0 atom stereocenters. The third-order valence-corrected chi connectivity index (χ3v) is 3.87. The number of hydrogen-bond acceptors (Lipinski definition) is 4. The van der Waals surface area contributed by atoms with Crippen LogP contribution in [-0.4, -0.2) is 55.7 Å². The zero-order valence-corrected chi connectivity index (χ0v) is 14.7. The normalized spacial score (nSPS) is 15.0. The minimum atomic E-state index is -0.309. The van der Waals surface area contributed by atoms with Gasteiger partial charge in [0.05, 0.1) is 23.0 Å².